The second-order valence-corrected chi connectivity index (χ2v) is 8.98. The monoisotopic (exact) mass is 501 g/mol. The van der Waals surface area contributed by atoms with Crippen molar-refractivity contribution in [1.82, 2.24) is 19.8 Å². The van der Waals surface area contributed by atoms with Crippen LogP contribution in [-0.4, -0.2) is 63.3 Å². The van der Waals surface area contributed by atoms with Crippen molar-refractivity contribution in [2.75, 3.05) is 31.5 Å². The maximum Gasteiger partial charge on any atom is 0.446 e. The van der Waals surface area contributed by atoms with E-state index in [1.165, 1.54) is 19.1 Å². The number of aromatic nitrogens is 2. The third-order valence-corrected chi connectivity index (χ3v) is 6.18. The van der Waals surface area contributed by atoms with E-state index < -0.39 is 5.51 Å². The van der Waals surface area contributed by atoms with Crippen LogP contribution in [0.5, 0.6) is 0 Å². The number of carbonyl (C=O) groups is 2. The maximum atomic E-state index is 12.8. The molecule has 1 N–H and O–H groups in total. The maximum absolute atomic E-state index is 12.8. The Hall–Kier alpha value is -3.60. The highest BCUT2D eigenvalue weighted by Crippen LogP contribution is 2.37. The minimum Gasteiger partial charge on any atom is -0.339 e. The van der Waals surface area contributed by atoms with Gasteiger partial charge in [0.05, 0.1) is 5.69 Å². The number of nitrogens with zero attached hydrogens (tertiary/aromatic N) is 4. The summed E-state index contributed by atoms with van der Waals surface area (Å²) in [5, 5.41) is 3.08. The average Bonchev–Trinajstić information content (AvgIpc) is 2.84. The number of halogens is 3. The number of amides is 2. The number of hydrogen-bond acceptors (Lipinski definition) is 6. The summed E-state index contributed by atoms with van der Waals surface area (Å²) in [6.45, 7) is 3.57. The molecule has 1 fully saturated rings. The van der Waals surface area contributed by atoms with Gasteiger partial charge < -0.3 is 15.1 Å². The number of alkyl halides is 3. The van der Waals surface area contributed by atoms with Crippen molar-refractivity contribution in [3.63, 3.8) is 0 Å². The number of nitrogens with one attached hydrogen (secondary N) is 1. The van der Waals surface area contributed by atoms with Crippen molar-refractivity contribution < 1.29 is 22.8 Å². The Kier molecular flexibility index (Phi) is 7.25. The Morgan fingerprint density at radius 2 is 1.54 bits per heavy atom. The predicted molar refractivity (Wildman–Crippen MR) is 127 cm³/mol. The van der Waals surface area contributed by atoms with Gasteiger partial charge in [-0.1, -0.05) is 12.1 Å². The summed E-state index contributed by atoms with van der Waals surface area (Å²) in [4.78, 5) is 36.4. The van der Waals surface area contributed by atoms with E-state index in [1.54, 1.807) is 58.5 Å². The summed E-state index contributed by atoms with van der Waals surface area (Å²) in [5.41, 5.74) is -1.90. The molecule has 0 spiro atoms. The fraction of sp³-hybridized carbons (Fsp3) is 0.250. The van der Waals surface area contributed by atoms with E-state index in [9.17, 15) is 22.8 Å². The van der Waals surface area contributed by atoms with Gasteiger partial charge in [-0.2, -0.15) is 13.2 Å². The van der Waals surface area contributed by atoms with Gasteiger partial charge in [0.15, 0.2) is 0 Å². The number of rotatable bonds is 5. The average molecular weight is 502 g/mol. The molecule has 0 radical (unpaired) electrons. The zero-order valence-electron chi connectivity index (χ0n) is 18.7. The summed E-state index contributed by atoms with van der Waals surface area (Å²) in [5.74, 6) is 0.233. The van der Waals surface area contributed by atoms with E-state index in [-0.39, 0.29) is 28.5 Å². The van der Waals surface area contributed by atoms with Crippen LogP contribution in [0.1, 0.15) is 17.3 Å². The largest absolute Gasteiger partial charge is 0.446 e. The quantitative estimate of drug-likeness (QED) is 0.506. The van der Waals surface area contributed by atoms with Crippen LogP contribution in [0.4, 0.5) is 24.8 Å². The first-order chi connectivity index (χ1) is 16.7. The molecule has 0 aliphatic carbocycles. The van der Waals surface area contributed by atoms with Gasteiger partial charge in [0, 0.05) is 61.0 Å². The molecule has 2 aromatic carbocycles. The standard InChI is InChI=1S/C24H22F3N5O2S/c1-16(33)31-12-14-32(15-13-31)22(34)18-2-6-19(7-3-18)29-23-28-11-10-21(30-23)17-4-8-20(9-5-17)35-24(25,26)27/h2-11H,12-15H2,1H3,(H,28,29,30). The number of benzene rings is 2. The molecular formula is C24H22F3N5O2S. The highest BCUT2D eigenvalue weighted by molar-refractivity contribution is 8.00. The molecule has 182 valence electrons. The molecule has 0 atom stereocenters. The Labute approximate surface area is 204 Å². The summed E-state index contributed by atoms with van der Waals surface area (Å²) >= 11 is -0.165. The first kappa shape index (κ1) is 24.5. The van der Waals surface area contributed by atoms with Crippen molar-refractivity contribution in [2.45, 2.75) is 17.3 Å². The van der Waals surface area contributed by atoms with Gasteiger partial charge in [-0.3, -0.25) is 9.59 Å². The van der Waals surface area contributed by atoms with Gasteiger partial charge in [0.2, 0.25) is 11.9 Å². The molecule has 35 heavy (non-hydrogen) atoms. The predicted octanol–water partition coefficient (Wildman–Crippen LogP) is 4.80. The molecule has 4 rings (SSSR count). The summed E-state index contributed by atoms with van der Waals surface area (Å²) in [6.07, 6.45) is 1.56. The number of carbonyl (C=O) groups excluding carboxylic acids is 2. The van der Waals surface area contributed by atoms with Crippen molar-refractivity contribution in [3.8, 4) is 11.3 Å². The van der Waals surface area contributed by atoms with Gasteiger partial charge in [0.25, 0.3) is 5.91 Å². The normalized spacial score (nSPS) is 14.1. The van der Waals surface area contributed by atoms with Gasteiger partial charge in [-0.25, -0.2) is 9.97 Å². The lowest BCUT2D eigenvalue weighted by Crippen LogP contribution is -2.50. The molecular weight excluding hydrogens is 479 g/mol. The number of hydrogen-bond donors (Lipinski definition) is 1. The number of thioether (sulfide) groups is 1. The van der Waals surface area contributed by atoms with Gasteiger partial charge >= 0.3 is 5.51 Å². The number of piperazine rings is 1. The Morgan fingerprint density at radius 3 is 2.14 bits per heavy atom. The summed E-state index contributed by atoms with van der Waals surface area (Å²) in [6, 6.07) is 14.6. The molecule has 7 nitrogen and oxygen atoms in total. The van der Waals surface area contributed by atoms with Crippen molar-refractivity contribution >= 4 is 35.2 Å². The molecule has 2 amide bonds. The Balaban J connectivity index is 1.39. The molecule has 1 aliphatic heterocycles. The van der Waals surface area contributed by atoms with Gasteiger partial charge in [0.1, 0.15) is 0 Å². The van der Waals surface area contributed by atoms with Crippen LogP contribution in [0.2, 0.25) is 0 Å². The Morgan fingerprint density at radius 1 is 0.914 bits per heavy atom. The molecule has 0 bridgehead atoms. The number of anilines is 2. The zero-order chi connectivity index (χ0) is 25.0. The van der Waals surface area contributed by atoms with Crippen LogP contribution in [0, 0.1) is 0 Å². The third-order valence-electron chi connectivity index (χ3n) is 5.44. The summed E-state index contributed by atoms with van der Waals surface area (Å²) in [7, 11) is 0. The van der Waals surface area contributed by atoms with Crippen molar-refractivity contribution in [3.05, 3.63) is 66.4 Å². The van der Waals surface area contributed by atoms with Gasteiger partial charge in [-0.15, -0.1) is 0 Å². The highest BCUT2D eigenvalue weighted by atomic mass is 32.2. The van der Waals surface area contributed by atoms with Crippen LogP contribution >= 0.6 is 11.8 Å². The van der Waals surface area contributed by atoms with Crippen LogP contribution in [0.25, 0.3) is 11.3 Å². The van der Waals surface area contributed by atoms with Crippen LogP contribution in [0.3, 0.4) is 0 Å². The van der Waals surface area contributed by atoms with Crippen LogP contribution < -0.4 is 5.32 Å². The third kappa shape index (κ3) is 6.50. The molecule has 11 heteroatoms. The SMILES string of the molecule is CC(=O)N1CCN(C(=O)c2ccc(Nc3nccc(-c4ccc(SC(F)(F)F)cc4)n3)cc2)CC1. The fourth-order valence-electron chi connectivity index (χ4n) is 3.64. The van der Waals surface area contributed by atoms with E-state index in [4.69, 9.17) is 0 Å². The van der Waals surface area contributed by atoms with E-state index >= 15 is 0 Å². The molecule has 3 aromatic rings. The van der Waals surface area contributed by atoms with Crippen molar-refractivity contribution in [1.29, 1.82) is 0 Å². The highest BCUT2D eigenvalue weighted by Gasteiger charge is 2.29. The van der Waals surface area contributed by atoms with Crippen LogP contribution in [-0.2, 0) is 4.79 Å². The smallest absolute Gasteiger partial charge is 0.339 e. The summed E-state index contributed by atoms with van der Waals surface area (Å²) < 4.78 is 37.6. The van der Waals surface area contributed by atoms with E-state index in [0.29, 0.717) is 54.6 Å². The lowest BCUT2D eigenvalue weighted by atomic mass is 10.1. The molecule has 0 saturated carbocycles. The Bertz CT molecular complexity index is 1200. The van der Waals surface area contributed by atoms with E-state index in [0.717, 1.165) is 0 Å². The molecule has 1 saturated heterocycles. The first-order valence-electron chi connectivity index (χ1n) is 10.8. The second-order valence-electron chi connectivity index (χ2n) is 7.84. The molecule has 1 aromatic heterocycles. The molecule has 0 unspecified atom stereocenters. The lowest BCUT2D eigenvalue weighted by Gasteiger charge is -2.34. The van der Waals surface area contributed by atoms with Gasteiger partial charge in [-0.05, 0) is 54.2 Å². The zero-order valence-corrected chi connectivity index (χ0v) is 19.6. The van der Waals surface area contributed by atoms with Crippen molar-refractivity contribution in [2.24, 2.45) is 0 Å². The minimum absolute atomic E-state index is 0.0104. The minimum atomic E-state index is -4.34. The molecule has 1 aliphatic rings. The second kappa shape index (κ2) is 10.3. The first-order valence-corrected chi connectivity index (χ1v) is 11.6. The topological polar surface area (TPSA) is 78.4 Å². The van der Waals surface area contributed by atoms with E-state index in [2.05, 4.69) is 15.3 Å². The molecule has 2 heterocycles. The van der Waals surface area contributed by atoms with E-state index in [1.807, 2.05) is 0 Å². The fourth-order valence-corrected chi connectivity index (χ4v) is 4.18. The van der Waals surface area contributed by atoms with Crippen LogP contribution in [0.15, 0.2) is 65.7 Å². The lowest BCUT2D eigenvalue weighted by molar-refractivity contribution is -0.130.